The fraction of sp³-hybridized carbons (Fsp3) is 0.0984. The summed E-state index contributed by atoms with van der Waals surface area (Å²) in [6, 6.07) is 64.5. The quantitative estimate of drug-likeness (QED) is 0.0866. The van der Waals surface area contributed by atoms with Crippen LogP contribution in [0.1, 0.15) is 37.5 Å². The minimum absolute atomic E-state index is 0. The predicted octanol–water partition coefficient (Wildman–Crippen LogP) is 12.2. The SMILES string of the molecule is Cc1cccc(C)c1B1c2c([n+](-c3c(-c4ccccc4)cccc3-c3ccccc3)[c-]n2-c2[c-]c(Oc3[c-]c4c(cc3)c3ccccc3n4-c3cc(C(C)(C)C)ccn3)ccc2)N=C2C=CC=CN12.[Pt]. The maximum Gasteiger partial charge on any atom is 0.321 e. The fourth-order valence-corrected chi connectivity index (χ4v) is 10.1. The van der Waals surface area contributed by atoms with E-state index in [0.29, 0.717) is 11.5 Å². The van der Waals surface area contributed by atoms with Gasteiger partial charge in [0.2, 0.25) is 5.82 Å². The number of imidazole rings is 1. The number of fused-ring (bicyclic) bond motifs is 5. The Morgan fingerprint density at radius 1 is 0.657 bits per heavy atom. The van der Waals surface area contributed by atoms with E-state index in [1.807, 2.05) is 24.4 Å². The molecule has 7 nitrogen and oxygen atoms in total. The van der Waals surface area contributed by atoms with Crippen molar-refractivity contribution in [2.75, 3.05) is 0 Å². The number of benzene rings is 7. The molecule has 9 heteroatoms. The number of aliphatic imine (C=N–C) groups is 1. The van der Waals surface area contributed by atoms with Crippen LogP contribution in [0.4, 0.5) is 5.82 Å². The molecule has 0 atom stereocenters. The zero-order valence-electron chi connectivity index (χ0n) is 39.5. The molecule has 0 amide bonds. The normalized spacial score (nSPS) is 13.0. The van der Waals surface area contributed by atoms with Gasteiger partial charge in [-0.15, -0.1) is 34.6 Å². The van der Waals surface area contributed by atoms with Crippen molar-refractivity contribution >= 4 is 51.4 Å². The Labute approximate surface area is 423 Å². The number of amidine groups is 1. The Morgan fingerprint density at radius 2 is 1.33 bits per heavy atom. The van der Waals surface area contributed by atoms with Crippen LogP contribution in [0, 0.1) is 32.3 Å². The van der Waals surface area contributed by atoms with Gasteiger partial charge in [0.15, 0.2) is 12.2 Å². The molecule has 2 aliphatic heterocycles. The number of rotatable bonds is 8. The van der Waals surface area contributed by atoms with Gasteiger partial charge in [0.25, 0.3) is 0 Å². The van der Waals surface area contributed by atoms with Crippen LogP contribution in [-0.2, 0) is 26.5 Å². The Morgan fingerprint density at radius 3 is 2.06 bits per heavy atom. The topological polar surface area (TPSA) is 51.5 Å². The third-order valence-corrected chi connectivity index (χ3v) is 13.4. The van der Waals surface area contributed by atoms with Crippen molar-refractivity contribution in [3.8, 4) is 50.9 Å². The van der Waals surface area contributed by atoms with Crippen LogP contribution in [0.2, 0.25) is 0 Å². The van der Waals surface area contributed by atoms with Crippen LogP contribution in [-0.4, -0.2) is 31.6 Å². The Hall–Kier alpha value is -7.80. The van der Waals surface area contributed by atoms with Crippen LogP contribution in [0.3, 0.4) is 0 Å². The van der Waals surface area contributed by atoms with Crippen molar-refractivity contribution < 1.29 is 30.4 Å². The van der Waals surface area contributed by atoms with Crippen molar-refractivity contribution in [1.29, 1.82) is 0 Å². The number of allylic oxidation sites excluding steroid dienone is 2. The molecule has 5 heterocycles. The summed E-state index contributed by atoms with van der Waals surface area (Å²) in [5.41, 5.74) is 13.7. The predicted molar refractivity (Wildman–Crippen MR) is 280 cm³/mol. The first-order valence-corrected chi connectivity index (χ1v) is 23.4. The zero-order chi connectivity index (χ0) is 46.8. The maximum absolute atomic E-state index is 6.80. The molecule has 3 aromatic heterocycles. The second-order valence-electron chi connectivity index (χ2n) is 18.8. The third kappa shape index (κ3) is 7.73. The van der Waals surface area contributed by atoms with Crippen molar-refractivity contribution in [2.45, 2.75) is 40.0 Å². The minimum atomic E-state index is -0.266. The second-order valence-corrected chi connectivity index (χ2v) is 18.8. The van der Waals surface area contributed by atoms with E-state index in [9.17, 15) is 0 Å². The van der Waals surface area contributed by atoms with Gasteiger partial charge in [-0.2, -0.15) is 18.2 Å². The number of ether oxygens (including phenoxy) is 1. The zero-order valence-corrected chi connectivity index (χ0v) is 41.7. The van der Waals surface area contributed by atoms with E-state index in [1.54, 1.807) is 0 Å². The molecule has 0 spiro atoms. The van der Waals surface area contributed by atoms with E-state index >= 15 is 0 Å². The maximum atomic E-state index is 6.80. The van der Waals surface area contributed by atoms with Gasteiger partial charge in [-0.1, -0.05) is 170 Å². The summed E-state index contributed by atoms with van der Waals surface area (Å²) in [7, 11) is 0. The number of hydrogen-bond acceptors (Lipinski definition) is 4. The fourth-order valence-electron chi connectivity index (χ4n) is 10.1. The van der Waals surface area contributed by atoms with Gasteiger partial charge in [-0.3, -0.25) is 4.57 Å². The first kappa shape index (κ1) is 44.7. The summed E-state index contributed by atoms with van der Waals surface area (Å²) < 4.78 is 13.3. The first-order valence-electron chi connectivity index (χ1n) is 23.4. The number of nitrogens with zero attached hydrogens (tertiary/aromatic N) is 6. The molecule has 0 aliphatic carbocycles. The smallest absolute Gasteiger partial charge is 0.321 e. The van der Waals surface area contributed by atoms with Gasteiger partial charge in [0.1, 0.15) is 5.82 Å². The van der Waals surface area contributed by atoms with E-state index in [0.717, 1.165) is 78.5 Å². The van der Waals surface area contributed by atoms with Crippen molar-refractivity contribution in [3.05, 3.63) is 230 Å². The molecule has 0 saturated carbocycles. The third-order valence-electron chi connectivity index (χ3n) is 13.4. The average Bonchev–Trinajstić information content (AvgIpc) is 3.92. The number of hydrogen-bond donors (Lipinski definition) is 0. The summed E-state index contributed by atoms with van der Waals surface area (Å²) in [5.74, 6) is 3.58. The van der Waals surface area contributed by atoms with Gasteiger partial charge in [0.05, 0.1) is 11.3 Å². The summed E-state index contributed by atoms with van der Waals surface area (Å²) in [6.45, 7) is 10.8. The van der Waals surface area contributed by atoms with Crippen molar-refractivity contribution in [1.82, 2.24) is 18.9 Å². The van der Waals surface area contributed by atoms with Gasteiger partial charge in [-0.05, 0) is 89.0 Å². The summed E-state index contributed by atoms with van der Waals surface area (Å²) >= 11 is 0. The minimum Gasteiger partial charge on any atom is -0.510 e. The number of para-hydroxylation sites is 2. The van der Waals surface area contributed by atoms with E-state index in [1.165, 1.54) is 22.2 Å². The summed E-state index contributed by atoms with van der Waals surface area (Å²) in [6.07, 6.45) is 14.2. The van der Waals surface area contributed by atoms with E-state index in [2.05, 4.69) is 242 Å². The second kappa shape index (κ2) is 17.9. The van der Waals surface area contributed by atoms with Crippen LogP contribution in [0.15, 0.2) is 199 Å². The largest absolute Gasteiger partial charge is 0.510 e. The number of aromatic nitrogens is 4. The van der Waals surface area contributed by atoms with Crippen LogP contribution < -0.4 is 20.4 Å². The molecule has 7 aromatic carbocycles. The van der Waals surface area contributed by atoms with E-state index in [-0.39, 0.29) is 33.3 Å². The van der Waals surface area contributed by atoms with Gasteiger partial charge >= 0.3 is 6.85 Å². The molecular formula is C61H47BN6OPt-2. The molecule has 12 rings (SSSR count). The molecule has 0 fully saturated rings. The molecule has 0 radical (unpaired) electrons. The van der Waals surface area contributed by atoms with Crippen molar-refractivity contribution in [2.24, 2.45) is 4.99 Å². The monoisotopic (exact) mass is 1090 g/mol. The molecule has 70 heavy (non-hydrogen) atoms. The van der Waals surface area contributed by atoms with E-state index < -0.39 is 0 Å². The Balaban J connectivity index is 0.00000533. The molecule has 10 aromatic rings. The van der Waals surface area contributed by atoms with Crippen molar-refractivity contribution in [3.63, 3.8) is 0 Å². The number of aryl methyl sites for hydroxylation is 2. The average molecular weight is 1090 g/mol. The van der Waals surface area contributed by atoms with E-state index in [4.69, 9.17) is 14.7 Å². The van der Waals surface area contributed by atoms with Crippen LogP contribution >= 0.6 is 0 Å². The molecule has 0 bridgehead atoms. The Kier molecular flexibility index (Phi) is 11.5. The standard InChI is InChI=1S/C61H47BN6O.Pt/c1-41-19-16-20-42(2)57(41)62-59-60(64-55-31-14-15-36-67(55)62)66(58-49(43-21-8-6-9-22-43)28-18-29-50(58)44-23-10-7-11-24-44)40-65(59)46-25-17-26-47(38-46)69-48-32-33-52-51-27-12-13-30-53(51)68(54(52)39-48)56-37-45(34-35-63-56)61(3,4)5;/h6-37H,1-5H3;/q-2;. The molecule has 2 aliphatic rings. The van der Waals surface area contributed by atoms with Gasteiger partial charge in [-0.25, -0.2) is 4.98 Å². The first-order chi connectivity index (χ1) is 33.7. The van der Waals surface area contributed by atoms with Gasteiger partial charge < -0.3 is 18.7 Å². The van der Waals surface area contributed by atoms with Gasteiger partial charge in [0, 0.05) is 44.3 Å². The molecular weight excluding hydrogens is 1040 g/mol. The molecule has 0 saturated heterocycles. The summed E-state index contributed by atoms with van der Waals surface area (Å²) in [4.78, 5) is 12.7. The van der Waals surface area contributed by atoms with Crippen LogP contribution in [0.25, 0.3) is 61.3 Å². The number of pyridine rings is 1. The Bertz CT molecular complexity index is 3660. The molecule has 0 unspecified atom stereocenters. The molecule has 342 valence electrons. The van der Waals surface area contributed by atoms with Crippen LogP contribution in [0.5, 0.6) is 11.5 Å². The molecule has 0 N–H and O–H groups in total. The summed E-state index contributed by atoms with van der Waals surface area (Å²) in [5, 5.41) is 2.20.